The molecule has 0 amide bonds. The van der Waals surface area contributed by atoms with Crippen molar-refractivity contribution in [3.63, 3.8) is 0 Å². The normalized spacial score (nSPS) is 29.6. The number of hydrogen-bond acceptors (Lipinski definition) is 3. The molecule has 2 aromatic carbocycles. The molecule has 4 rings (SSSR count). The van der Waals surface area contributed by atoms with E-state index in [0.29, 0.717) is 37.6 Å². The lowest BCUT2D eigenvalue weighted by Crippen LogP contribution is -2.31. The van der Waals surface area contributed by atoms with Crippen molar-refractivity contribution < 1.29 is 14.6 Å². The summed E-state index contributed by atoms with van der Waals surface area (Å²) in [6, 6.07) is 16.6. The Morgan fingerprint density at radius 1 is 1.00 bits per heavy atom. The van der Waals surface area contributed by atoms with Gasteiger partial charge >= 0.3 is 0 Å². The Kier molecular flexibility index (Phi) is 4.72. The number of halogens is 1. The molecule has 1 unspecified atom stereocenters. The van der Waals surface area contributed by atoms with Crippen LogP contribution in [0.4, 0.5) is 4.39 Å². The summed E-state index contributed by atoms with van der Waals surface area (Å²) in [5, 5.41) is 19.8. The average Bonchev–Trinajstić information content (AvgIpc) is 3.10. The topological polar surface area (TPSA) is 43.7 Å². The third-order valence-corrected chi connectivity index (χ3v) is 5.98. The summed E-state index contributed by atoms with van der Waals surface area (Å²) in [4.78, 5) is 2.26. The number of phenols is 1. The van der Waals surface area contributed by atoms with Gasteiger partial charge in [0, 0.05) is 26.1 Å². The zero-order chi connectivity index (χ0) is 18.1. The van der Waals surface area contributed by atoms with Crippen LogP contribution in [0.3, 0.4) is 0 Å². The summed E-state index contributed by atoms with van der Waals surface area (Å²) >= 11 is 0. The summed E-state index contributed by atoms with van der Waals surface area (Å²) in [5.74, 6) is 0.973. The smallest absolute Gasteiger partial charge is 0.115 e. The molecule has 0 aromatic heterocycles. The Morgan fingerprint density at radius 3 is 2.23 bits per heavy atom. The quantitative estimate of drug-likeness (QED) is 0.859. The Morgan fingerprint density at radius 2 is 1.62 bits per heavy atom. The summed E-state index contributed by atoms with van der Waals surface area (Å²) in [7, 11) is 0. The van der Waals surface area contributed by atoms with Gasteiger partial charge in [0.15, 0.2) is 0 Å². The largest absolute Gasteiger partial charge is 0.508 e. The number of likely N-dealkylation sites (tertiary alicyclic amines) is 1. The van der Waals surface area contributed by atoms with Gasteiger partial charge in [-0.1, -0.05) is 42.5 Å². The molecule has 2 aromatic rings. The predicted molar refractivity (Wildman–Crippen MR) is 99.7 cm³/mol. The minimum Gasteiger partial charge on any atom is -0.508 e. The second-order valence-corrected chi connectivity index (χ2v) is 8.07. The van der Waals surface area contributed by atoms with E-state index in [1.165, 1.54) is 0 Å². The highest BCUT2D eigenvalue weighted by atomic mass is 19.1. The van der Waals surface area contributed by atoms with Crippen LogP contribution in [0, 0.1) is 11.8 Å². The Bertz CT molecular complexity index is 720. The molecule has 138 valence electrons. The first kappa shape index (κ1) is 17.5. The standard InChI is InChI=1S/C22H26FNO2/c23-22(10-16-4-2-1-3-5-16)11-18-13-24(14-19(18)12-22)15-21(26)17-6-8-20(25)9-7-17/h1-9,18-19,21,25-26H,10-15H2/t18-,19+,21-,22?/m1/s1. The minimum absolute atomic E-state index is 0.203. The Balaban J connectivity index is 1.32. The first-order valence-corrected chi connectivity index (χ1v) is 9.43. The van der Waals surface area contributed by atoms with Crippen molar-refractivity contribution in [2.75, 3.05) is 19.6 Å². The van der Waals surface area contributed by atoms with Gasteiger partial charge < -0.3 is 10.2 Å². The number of aliphatic hydroxyl groups is 1. The van der Waals surface area contributed by atoms with Crippen LogP contribution >= 0.6 is 0 Å². The fourth-order valence-electron chi connectivity index (χ4n) is 4.82. The van der Waals surface area contributed by atoms with Gasteiger partial charge in [0.05, 0.1) is 6.10 Å². The van der Waals surface area contributed by atoms with Crippen LogP contribution < -0.4 is 0 Å². The van der Waals surface area contributed by atoms with E-state index in [-0.39, 0.29) is 5.75 Å². The molecular formula is C22H26FNO2. The summed E-state index contributed by atoms with van der Waals surface area (Å²) in [5.41, 5.74) is 0.802. The maximum atomic E-state index is 15.3. The zero-order valence-corrected chi connectivity index (χ0v) is 14.9. The van der Waals surface area contributed by atoms with E-state index in [1.807, 2.05) is 30.3 Å². The van der Waals surface area contributed by atoms with Crippen molar-refractivity contribution in [1.29, 1.82) is 0 Å². The van der Waals surface area contributed by atoms with Crippen molar-refractivity contribution >= 4 is 0 Å². The van der Waals surface area contributed by atoms with Crippen LogP contribution in [0.25, 0.3) is 0 Å². The number of alkyl halides is 1. The van der Waals surface area contributed by atoms with Crippen LogP contribution in [0.2, 0.25) is 0 Å². The van der Waals surface area contributed by atoms with E-state index < -0.39 is 11.8 Å². The maximum absolute atomic E-state index is 15.3. The number of fused-ring (bicyclic) bond motifs is 1. The van der Waals surface area contributed by atoms with Crippen LogP contribution in [0.1, 0.15) is 30.1 Å². The fourth-order valence-corrected chi connectivity index (χ4v) is 4.82. The summed E-state index contributed by atoms with van der Waals surface area (Å²) in [6.07, 6.45) is 1.18. The molecule has 2 N–H and O–H groups in total. The van der Waals surface area contributed by atoms with E-state index in [9.17, 15) is 10.2 Å². The number of phenolic OH excluding ortho intramolecular Hbond substituents is 1. The van der Waals surface area contributed by atoms with Gasteiger partial charge in [-0.25, -0.2) is 4.39 Å². The van der Waals surface area contributed by atoms with Crippen molar-refractivity contribution in [3.8, 4) is 5.75 Å². The molecule has 0 bridgehead atoms. The van der Waals surface area contributed by atoms with Gasteiger partial charge in [0.25, 0.3) is 0 Å². The first-order chi connectivity index (χ1) is 12.5. The van der Waals surface area contributed by atoms with Crippen molar-refractivity contribution in [3.05, 3.63) is 65.7 Å². The van der Waals surface area contributed by atoms with Gasteiger partial charge in [-0.3, -0.25) is 4.90 Å². The molecule has 1 saturated heterocycles. The van der Waals surface area contributed by atoms with Crippen molar-refractivity contribution in [2.24, 2.45) is 11.8 Å². The highest BCUT2D eigenvalue weighted by molar-refractivity contribution is 5.27. The van der Waals surface area contributed by atoms with Crippen molar-refractivity contribution in [2.45, 2.75) is 31.0 Å². The molecule has 1 saturated carbocycles. The van der Waals surface area contributed by atoms with Crippen LogP contribution in [0.5, 0.6) is 5.75 Å². The highest BCUT2D eigenvalue weighted by Gasteiger charge is 2.49. The fraction of sp³-hybridized carbons (Fsp3) is 0.455. The summed E-state index contributed by atoms with van der Waals surface area (Å²) < 4.78 is 15.3. The highest BCUT2D eigenvalue weighted by Crippen LogP contribution is 2.47. The number of hydrogen-bond donors (Lipinski definition) is 2. The number of rotatable bonds is 5. The molecule has 2 aliphatic rings. The third-order valence-electron chi connectivity index (χ3n) is 5.98. The van der Waals surface area contributed by atoms with Crippen molar-refractivity contribution in [1.82, 2.24) is 4.90 Å². The molecule has 0 spiro atoms. The average molecular weight is 355 g/mol. The monoisotopic (exact) mass is 355 g/mol. The molecular weight excluding hydrogens is 329 g/mol. The van der Waals surface area contributed by atoms with Gasteiger partial charge in [0.2, 0.25) is 0 Å². The Hall–Kier alpha value is -1.91. The molecule has 26 heavy (non-hydrogen) atoms. The van der Waals surface area contributed by atoms with Gasteiger partial charge in [-0.15, -0.1) is 0 Å². The van der Waals surface area contributed by atoms with E-state index in [1.54, 1.807) is 24.3 Å². The lowest BCUT2D eigenvalue weighted by atomic mass is 9.93. The minimum atomic E-state index is -1.08. The molecule has 4 heteroatoms. The molecule has 3 nitrogen and oxygen atoms in total. The number of benzene rings is 2. The summed E-state index contributed by atoms with van der Waals surface area (Å²) in [6.45, 7) is 2.29. The van der Waals surface area contributed by atoms with E-state index in [0.717, 1.165) is 24.2 Å². The number of aliphatic hydroxyl groups excluding tert-OH is 1. The second-order valence-electron chi connectivity index (χ2n) is 8.07. The van der Waals surface area contributed by atoms with Gasteiger partial charge in [0.1, 0.15) is 11.4 Å². The zero-order valence-electron chi connectivity index (χ0n) is 14.9. The number of aromatic hydroxyl groups is 1. The van der Waals surface area contributed by atoms with Gasteiger partial charge in [-0.05, 0) is 47.9 Å². The lowest BCUT2D eigenvalue weighted by Gasteiger charge is -2.25. The first-order valence-electron chi connectivity index (χ1n) is 9.43. The predicted octanol–water partition coefficient (Wildman–Crippen LogP) is 3.72. The van der Waals surface area contributed by atoms with E-state index in [2.05, 4.69) is 4.90 Å². The van der Waals surface area contributed by atoms with E-state index >= 15 is 4.39 Å². The third kappa shape index (κ3) is 3.76. The lowest BCUT2D eigenvalue weighted by molar-refractivity contribution is 0.108. The maximum Gasteiger partial charge on any atom is 0.115 e. The molecule has 1 aliphatic heterocycles. The number of nitrogens with zero attached hydrogens (tertiary/aromatic N) is 1. The SMILES string of the molecule is Oc1ccc([C@H](O)CN2C[C@@H]3CC(F)(Cc4ccccc4)C[C@@H]3C2)cc1. The Labute approximate surface area is 154 Å². The van der Waals surface area contributed by atoms with Gasteiger partial charge in [-0.2, -0.15) is 0 Å². The van der Waals surface area contributed by atoms with Crippen LogP contribution in [0.15, 0.2) is 54.6 Å². The van der Waals surface area contributed by atoms with Crippen LogP contribution in [-0.2, 0) is 6.42 Å². The molecule has 4 atom stereocenters. The molecule has 1 aliphatic carbocycles. The molecule has 0 radical (unpaired) electrons. The second kappa shape index (κ2) is 7.01. The molecule has 1 heterocycles. The molecule has 2 fully saturated rings. The number of β-amino-alcohol motifs (C(OH)–C–C–N with tert-alkyl or cyclic N) is 1. The van der Waals surface area contributed by atoms with Crippen LogP contribution in [-0.4, -0.2) is 40.4 Å². The van der Waals surface area contributed by atoms with E-state index in [4.69, 9.17) is 0 Å².